The predicted molar refractivity (Wildman–Crippen MR) is 72.9 cm³/mol. The summed E-state index contributed by atoms with van der Waals surface area (Å²) in [4.78, 5) is 12.0. The fourth-order valence-corrected chi connectivity index (χ4v) is 3.02. The lowest BCUT2D eigenvalue weighted by atomic mass is 9.94. The van der Waals surface area contributed by atoms with E-state index in [0.29, 0.717) is 13.0 Å². The third kappa shape index (κ3) is 4.16. The Morgan fingerprint density at radius 2 is 2.05 bits per heavy atom. The highest BCUT2D eigenvalue weighted by Gasteiger charge is 2.32. The van der Waals surface area contributed by atoms with Crippen molar-refractivity contribution in [2.45, 2.75) is 62.7 Å². The Morgan fingerprint density at radius 3 is 2.63 bits per heavy atom. The number of aliphatic hydroxyl groups is 1. The summed E-state index contributed by atoms with van der Waals surface area (Å²) in [7, 11) is 1.67. The average Bonchev–Trinajstić information content (AvgIpc) is 2.79. The van der Waals surface area contributed by atoms with Crippen LogP contribution in [0.1, 0.15) is 44.9 Å². The molecule has 2 unspecified atom stereocenters. The zero-order valence-electron chi connectivity index (χ0n) is 11.8. The van der Waals surface area contributed by atoms with Crippen LogP contribution in [0.5, 0.6) is 0 Å². The lowest BCUT2D eigenvalue weighted by Gasteiger charge is -2.27. The van der Waals surface area contributed by atoms with Crippen molar-refractivity contribution in [2.24, 2.45) is 0 Å². The van der Waals surface area contributed by atoms with Crippen LogP contribution in [0.25, 0.3) is 0 Å². The van der Waals surface area contributed by atoms with E-state index in [1.54, 1.807) is 7.11 Å². The minimum absolute atomic E-state index is 0.0165. The molecule has 2 rings (SSSR count). The Morgan fingerprint density at radius 1 is 1.37 bits per heavy atom. The number of carbonyl (C=O) groups excluding carboxylic acids is 1. The summed E-state index contributed by atoms with van der Waals surface area (Å²) in [5.74, 6) is -0.0165. The molecule has 0 aromatic rings. The zero-order valence-corrected chi connectivity index (χ0v) is 11.8. The second-order valence-electron chi connectivity index (χ2n) is 5.91. The molecule has 2 aliphatic rings. The van der Waals surface area contributed by atoms with Crippen molar-refractivity contribution in [3.8, 4) is 0 Å². The van der Waals surface area contributed by atoms with E-state index in [1.165, 1.54) is 12.8 Å². The molecule has 3 N–H and O–H groups in total. The standard InChI is InChI=1S/C14H26N2O3/c1-19-11-8-12(15-9-11)13(17)16-10-14(18)6-4-2-3-5-7-14/h11-12,15,18H,2-10H2,1H3,(H,16,17). The van der Waals surface area contributed by atoms with Crippen LogP contribution in [-0.2, 0) is 9.53 Å². The monoisotopic (exact) mass is 270 g/mol. The van der Waals surface area contributed by atoms with Crippen LogP contribution in [0.15, 0.2) is 0 Å². The molecule has 1 aliphatic heterocycles. The number of ether oxygens (including phenoxy) is 1. The van der Waals surface area contributed by atoms with E-state index in [1.807, 2.05) is 0 Å². The second kappa shape index (κ2) is 6.68. The Balaban J connectivity index is 1.76. The smallest absolute Gasteiger partial charge is 0.237 e. The molecule has 0 spiro atoms. The average molecular weight is 270 g/mol. The van der Waals surface area contributed by atoms with Crippen molar-refractivity contribution in [2.75, 3.05) is 20.2 Å². The van der Waals surface area contributed by atoms with E-state index < -0.39 is 5.60 Å². The topological polar surface area (TPSA) is 70.6 Å². The lowest BCUT2D eigenvalue weighted by Crippen LogP contribution is -2.48. The minimum Gasteiger partial charge on any atom is -0.388 e. The van der Waals surface area contributed by atoms with Crippen molar-refractivity contribution in [3.05, 3.63) is 0 Å². The van der Waals surface area contributed by atoms with Gasteiger partial charge in [0.15, 0.2) is 0 Å². The maximum atomic E-state index is 12.0. The van der Waals surface area contributed by atoms with Gasteiger partial charge >= 0.3 is 0 Å². The molecule has 0 aromatic heterocycles. The van der Waals surface area contributed by atoms with Crippen molar-refractivity contribution < 1.29 is 14.6 Å². The van der Waals surface area contributed by atoms with Gasteiger partial charge in [-0.2, -0.15) is 0 Å². The predicted octanol–water partition coefficient (Wildman–Crippen LogP) is 0.565. The first-order valence-corrected chi connectivity index (χ1v) is 7.39. The molecule has 2 fully saturated rings. The van der Waals surface area contributed by atoms with Crippen molar-refractivity contribution in [1.29, 1.82) is 0 Å². The Labute approximate surface area is 115 Å². The molecule has 0 aromatic carbocycles. The van der Waals surface area contributed by atoms with Gasteiger partial charge in [0.2, 0.25) is 5.91 Å². The molecule has 1 saturated heterocycles. The van der Waals surface area contributed by atoms with Crippen LogP contribution < -0.4 is 10.6 Å². The summed E-state index contributed by atoms with van der Waals surface area (Å²) in [5, 5.41) is 16.5. The number of methoxy groups -OCH3 is 1. The second-order valence-corrected chi connectivity index (χ2v) is 5.91. The highest BCUT2D eigenvalue weighted by molar-refractivity contribution is 5.82. The summed E-state index contributed by atoms with van der Waals surface area (Å²) in [6.07, 6.45) is 6.92. The summed E-state index contributed by atoms with van der Waals surface area (Å²) < 4.78 is 5.23. The molecule has 1 amide bonds. The van der Waals surface area contributed by atoms with Gasteiger partial charge in [0.25, 0.3) is 0 Å². The van der Waals surface area contributed by atoms with Crippen LogP contribution in [0.2, 0.25) is 0 Å². The number of nitrogens with one attached hydrogen (secondary N) is 2. The Bertz CT molecular complexity index is 301. The Hall–Kier alpha value is -0.650. The molecular weight excluding hydrogens is 244 g/mol. The molecule has 1 aliphatic carbocycles. The first kappa shape index (κ1) is 14.8. The third-order valence-corrected chi connectivity index (χ3v) is 4.37. The quantitative estimate of drug-likeness (QED) is 0.653. The van der Waals surface area contributed by atoms with E-state index in [9.17, 15) is 9.90 Å². The Kier molecular flexibility index (Phi) is 5.19. The van der Waals surface area contributed by atoms with E-state index in [-0.39, 0.29) is 18.1 Å². The van der Waals surface area contributed by atoms with Crippen molar-refractivity contribution in [3.63, 3.8) is 0 Å². The number of carbonyl (C=O) groups is 1. The maximum absolute atomic E-state index is 12.0. The number of hydrogen-bond acceptors (Lipinski definition) is 4. The summed E-state index contributed by atoms with van der Waals surface area (Å²) in [6.45, 7) is 1.10. The van der Waals surface area contributed by atoms with E-state index >= 15 is 0 Å². The number of amides is 1. The molecule has 0 radical (unpaired) electrons. The van der Waals surface area contributed by atoms with Gasteiger partial charge in [0.1, 0.15) is 0 Å². The molecule has 110 valence electrons. The summed E-state index contributed by atoms with van der Waals surface area (Å²) in [5.41, 5.74) is -0.703. The van der Waals surface area contributed by atoms with Gasteiger partial charge in [0.05, 0.1) is 17.7 Å². The zero-order chi connectivity index (χ0) is 13.7. The number of hydrogen-bond donors (Lipinski definition) is 3. The van der Waals surface area contributed by atoms with Crippen LogP contribution in [0.4, 0.5) is 0 Å². The molecule has 1 heterocycles. The first-order chi connectivity index (χ1) is 9.13. The molecule has 5 heteroatoms. The van der Waals surface area contributed by atoms with Crippen molar-refractivity contribution in [1.82, 2.24) is 10.6 Å². The van der Waals surface area contributed by atoms with Gasteiger partial charge < -0.3 is 20.5 Å². The highest BCUT2D eigenvalue weighted by Crippen LogP contribution is 2.26. The third-order valence-electron chi connectivity index (χ3n) is 4.37. The number of rotatable bonds is 4. The van der Waals surface area contributed by atoms with Gasteiger partial charge in [0, 0.05) is 20.2 Å². The van der Waals surface area contributed by atoms with E-state index in [2.05, 4.69) is 10.6 Å². The summed E-state index contributed by atoms with van der Waals surface area (Å²) >= 11 is 0. The highest BCUT2D eigenvalue weighted by atomic mass is 16.5. The first-order valence-electron chi connectivity index (χ1n) is 7.39. The van der Waals surface area contributed by atoms with Crippen LogP contribution in [0, 0.1) is 0 Å². The van der Waals surface area contributed by atoms with Gasteiger partial charge in [-0.05, 0) is 19.3 Å². The molecule has 2 atom stereocenters. The summed E-state index contributed by atoms with van der Waals surface area (Å²) in [6, 6.07) is -0.181. The minimum atomic E-state index is -0.703. The molecule has 5 nitrogen and oxygen atoms in total. The van der Waals surface area contributed by atoms with E-state index in [0.717, 1.165) is 32.2 Å². The van der Waals surface area contributed by atoms with Crippen LogP contribution in [-0.4, -0.2) is 49.0 Å². The fourth-order valence-electron chi connectivity index (χ4n) is 3.02. The largest absolute Gasteiger partial charge is 0.388 e. The molecule has 19 heavy (non-hydrogen) atoms. The van der Waals surface area contributed by atoms with Crippen LogP contribution in [0.3, 0.4) is 0 Å². The van der Waals surface area contributed by atoms with Gasteiger partial charge in [-0.3, -0.25) is 4.79 Å². The SMILES string of the molecule is COC1CNC(C(=O)NCC2(O)CCCCCC2)C1. The maximum Gasteiger partial charge on any atom is 0.237 e. The van der Waals surface area contributed by atoms with Gasteiger partial charge in [-0.1, -0.05) is 25.7 Å². The van der Waals surface area contributed by atoms with Gasteiger partial charge in [-0.15, -0.1) is 0 Å². The molecule has 1 saturated carbocycles. The van der Waals surface area contributed by atoms with Crippen molar-refractivity contribution >= 4 is 5.91 Å². The molecular formula is C14H26N2O3. The fraction of sp³-hybridized carbons (Fsp3) is 0.929. The van der Waals surface area contributed by atoms with Gasteiger partial charge in [-0.25, -0.2) is 0 Å². The molecule has 0 bridgehead atoms. The normalized spacial score (nSPS) is 30.8. The lowest BCUT2D eigenvalue weighted by molar-refractivity contribution is -0.124. The van der Waals surface area contributed by atoms with Crippen LogP contribution >= 0.6 is 0 Å². The van der Waals surface area contributed by atoms with E-state index in [4.69, 9.17) is 4.74 Å².